The van der Waals surface area contributed by atoms with Gasteiger partial charge in [-0.25, -0.2) is 0 Å². The lowest BCUT2D eigenvalue weighted by molar-refractivity contribution is -0.129. The summed E-state index contributed by atoms with van der Waals surface area (Å²) in [6, 6.07) is 5.94. The van der Waals surface area contributed by atoms with Crippen molar-refractivity contribution >= 4 is 5.91 Å². The fourth-order valence-corrected chi connectivity index (χ4v) is 4.25. The van der Waals surface area contributed by atoms with Crippen LogP contribution >= 0.6 is 0 Å². The smallest absolute Gasteiger partial charge is 0.223 e. The topological polar surface area (TPSA) is 42.0 Å². The van der Waals surface area contributed by atoms with E-state index in [0.29, 0.717) is 18.4 Å². The summed E-state index contributed by atoms with van der Waals surface area (Å²) in [5.74, 6) is 2.04. The van der Waals surface area contributed by atoms with Crippen molar-refractivity contribution in [3.8, 4) is 0 Å². The van der Waals surface area contributed by atoms with Gasteiger partial charge in [-0.2, -0.15) is 0 Å². The van der Waals surface area contributed by atoms with Crippen LogP contribution in [0.15, 0.2) is 24.4 Å². The van der Waals surface area contributed by atoms with E-state index in [1.165, 1.54) is 38.5 Å². The average Bonchev–Trinajstić information content (AvgIpc) is 2.55. The predicted molar refractivity (Wildman–Crippen MR) is 83.7 cm³/mol. The molecule has 0 spiro atoms. The number of nitrogens with zero attached hydrogens (tertiary/aromatic N) is 1. The highest BCUT2D eigenvalue weighted by molar-refractivity contribution is 5.79. The van der Waals surface area contributed by atoms with Gasteiger partial charge in [0.1, 0.15) is 0 Å². The Balaban J connectivity index is 1.50. The molecule has 2 aliphatic rings. The van der Waals surface area contributed by atoms with Gasteiger partial charge >= 0.3 is 0 Å². The Morgan fingerprint density at radius 1 is 1.14 bits per heavy atom. The van der Waals surface area contributed by atoms with E-state index in [0.717, 1.165) is 24.5 Å². The van der Waals surface area contributed by atoms with Crippen molar-refractivity contribution in [3.63, 3.8) is 0 Å². The van der Waals surface area contributed by atoms with Crippen LogP contribution in [0.25, 0.3) is 0 Å². The molecule has 3 nitrogen and oxygen atoms in total. The Morgan fingerprint density at radius 2 is 2.00 bits per heavy atom. The average molecular weight is 286 g/mol. The third-order valence-corrected chi connectivity index (χ3v) is 5.32. The van der Waals surface area contributed by atoms with E-state index in [4.69, 9.17) is 0 Å². The van der Waals surface area contributed by atoms with Gasteiger partial charge in [0.25, 0.3) is 0 Å². The lowest BCUT2D eigenvalue weighted by atomic mass is 9.65. The molecule has 1 heterocycles. The largest absolute Gasteiger partial charge is 0.355 e. The number of hydrogen-bond donors (Lipinski definition) is 1. The van der Waals surface area contributed by atoms with Gasteiger partial charge < -0.3 is 5.32 Å². The number of nitrogens with one attached hydrogen (secondary N) is 1. The van der Waals surface area contributed by atoms with Gasteiger partial charge in [0.15, 0.2) is 0 Å². The molecule has 0 radical (unpaired) electrons. The van der Waals surface area contributed by atoms with Crippen molar-refractivity contribution in [2.45, 2.75) is 51.4 Å². The second-order valence-electron chi connectivity index (χ2n) is 6.61. The number of fused-ring (bicyclic) bond motifs is 1. The van der Waals surface area contributed by atoms with E-state index in [1.54, 1.807) is 0 Å². The summed E-state index contributed by atoms with van der Waals surface area (Å²) in [6.07, 6.45) is 11.6. The molecule has 0 bridgehead atoms. The van der Waals surface area contributed by atoms with Gasteiger partial charge in [-0.1, -0.05) is 38.2 Å². The monoisotopic (exact) mass is 286 g/mol. The molecule has 21 heavy (non-hydrogen) atoms. The minimum Gasteiger partial charge on any atom is -0.355 e. The number of amides is 1. The summed E-state index contributed by atoms with van der Waals surface area (Å²) < 4.78 is 0. The molecule has 114 valence electrons. The summed E-state index contributed by atoms with van der Waals surface area (Å²) in [7, 11) is 0. The number of carbonyl (C=O) groups excluding carboxylic acids is 1. The van der Waals surface area contributed by atoms with Gasteiger partial charge in [-0.05, 0) is 36.8 Å². The molecule has 2 fully saturated rings. The lowest BCUT2D eigenvalue weighted by Crippen LogP contribution is -2.41. The summed E-state index contributed by atoms with van der Waals surface area (Å²) in [5, 5.41) is 3.15. The summed E-state index contributed by atoms with van der Waals surface area (Å²) in [6.45, 7) is 0.712. The van der Waals surface area contributed by atoms with Crippen LogP contribution in [0.5, 0.6) is 0 Å². The molecule has 3 heteroatoms. The minimum absolute atomic E-state index is 0.271. The van der Waals surface area contributed by atoms with E-state index in [-0.39, 0.29) is 5.92 Å². The standard InChI is InChI=1S/C18H26N2O/c21-18(20-13-11-15-8-3-4-12-19-15)17-10-5-7-14-6-1-2-9-16(14)17/h3-4,8,12,14,16-17H,1-2,5-7,9-11,13H2,(H,20,21). The number of hydrogen-bond acceptors (Lipinski definition) is 2. The maximum atomic E-state index is 12.5. The number of rotatable bonds is 4. The SMILES string of the molecule is O=C(NCCc1ccccn1)C1CCCC2CCCCC21. The number of aromatic nitrogens is 1. The van der Waals surface area contributed by atoms with Gasteiger partial charge in [0.2, 0.25) is 5.91 Å². The predicted octanol–water partition coefficient (Wildman–Crippen LogP) is 3.35. The highest BCUT2D eigenvalue weighted by Gasteiger charge is 2.38. The maximum Gasteiger partial charge on any atom is 0.223 e. The first kappa shape index (κ1) is 14.6. The summed E-state index contributed by atoms with van der Waals surface area (Å²) in [5.41, 5.74) is 1.05. The van der Waals surface area contributed by atoms with Crippen LogP contribution in [0.4, 0.5) is 0 Å². The summed E-state index contributed by atoms with van der Waals surface area (Å²) in [4.78, 5) is 16.8. The van der Waals surface area contributed by atoms with Crippen molar-refractivity contribution < 1.29 is 4.79 Å². The Bertz CT molecular complexity index is 458. The van der Waals surface area contributed by atoms with Crippen molar-refractivity contribution in [3.05, 3.63) is 30.1 Å². The zero-order valence-corrected chi connectivity index (χ0v) is 12.8. The van der Waals surface area contributed by atoms with Gasteiger partial charge in [0, 0.05) is 30.8 Å². The first-order chi connectivity index (χ1) is 10.3. The molecule has 0 saturated heterocycles. The molecule has 3 unspecified atom stereocenters. The van der Waals surface area contributed by atoms with Gasteiger partial charge in [0.05, 0.1) is 0 Å². The van der Waals surface area contributed by atoms with E-state index in [2.05, 4.69) is 10.3 Å². The van der Waals surface area contributed by atoms with Crippen LogP contribution in [-0.4, -0.2) is 17.4 Å². The van der Waals surface area contributed by atoms with E-state index >= 15 is 0 Å². The Morgan fingerprint density at radius 3 is 2.86 bits per heavy atom. The highest BCUT2D eigenvalue weighted by atomic mass is 16.1. The molecular formula is C18H26N2O. The summed E-state index contributed by atoms with van der Waals surface area (Å²) >= 11 is 0. The quantitative estimate of drug-likeness (QED) is 0.922. The number of carbonyl (C=O) groups is 1. The molecule has 2 aliphatic carbocycles. The van der Waals surface area contributed by atoms with Crippen LogP contribution in [0.3, 0.4) is 0 Å². The van der Waals surface area contributed by atoms with Crippen LogP contribution in [-0.2, 0) is 11.2 Å². The zero-order valence-electron chi connectivity index (χ0n) is 12.8. The molecule has 3 atom stereocenters. The van der Waals surface area contributed by atoms with Crippen molar-refractivity contribution in [2.24, 2.45) is 17.8 Å². The second-order valence-corrected chi connectivity index (χ2v) is 6.61. The Hall–Kier alpha value is -1.38. The van der Waals surface area contributed by atoms with Crippen LogP contribution in [0.1, 0.15) is 50.6 Å². The zero-order chi connectivity index (χ0) is 14.5. The fraction of sp³-hybridized carbons (Fsp3) is 0.667. The van der Waals surface area contributed by atoms with Crippen LogP contribution < -0.4 is 5.32 Å². The molecule has 1 N–H and O–H groups in total. The van der Waals surface area contributed by atoms with Crippen LogP contribution in [0.2, 0.25) is 0 Å². The molecular weight excluding hydrogens is 260 g/mol. The Labute approximate surface area is 127 Å². The molecule has 3 rings (SSSR count). The Kier molecular flexibility index (Phi) is 4.89. The third-order valence-electron chi connectivity index (χ3n) is 5.32. The van der Waals surface area contributed by atoms with Crippen molar-refractivity contribution in [1.29, 1.82) is 0 Å². The van der Waals surface area contributed by atoms with Gasteiger partial charge in [-0.3, -0.25) is 9.78 Å². The van der Waals surface area contributed by atoms with Crippen molar-refractivity contribution in [1.82, 2.24) is 10.3 Å². The van der Waals surface area contributed by atoms with Gasteiger partial charge in [-0.15, -0.1) is 0 Å². The van der Waals surface area contributed by atoms with E-state index in [1.807, 2.05) is 24.4 Å². The first-order valence-electron chi connectivity index (χ1n) is 8.52. The molecule has 0 aromatic carbocycles. The van der Waals surface area contributed by atoms with Crippen molar-refractivity contribution in [2.75, 3.05) is 6.54 Å². The highest BCUT2D eigenvalue weighted by Crippen LogP contribution is 2.43. The molecule has 1 amide bonds. The third kappa shape index (κ3) is 3.63. The normalized spacial score (nSPS) is 28.7. The van der Waals surface area contributed by atoms with Crippen LogP contribution in [0, 0.1) is 17.8 Å². The lowest BCUT2D eigenvalue weighted by Gasteiger charge is -2.40. The molecule has 2 saturated carbocycles. The van der Waals surface area contributed by atoms with E-state index < -0.39 is 0 Å². The number of pyridine rings is 1. The molecule has 1 aromatic rings. The molecule has 0 aliphatic heterocycles. The first-order valence-corrected chi connectivity index (χ1v) is 8.52. The van der Waals surface area contributed by atoms with E-state index in [9.17, 15) is 4.79 Å². The maximum absolute atomic E-state index is 12.5. The minimum atomic E-state index is 0.271. The molecule has 1 aromatic heterocycles. The fourth-order valence-electron chi connectivity index (χ4n) is 4.25. The second kappa shape index (κ2) is 7.06.